The number of amides is 1. The van der Waals surface area contributed by atoms with Crippen LogP contribution >= 0.6 is 11.3 Å². The molecule has 1 amide bonds. The van der Waals surface area contributed by atoms with Gasteiger partial charge >= 0.3 is 0 Å². The van der Waals surface area contributed by atoms with E-state index >= 15 is 0 Å². The number of unbranched alkanes of at least 4 members (excludes halogenated alkanes) is 2. The lowest BCUT2D eigenvalue weighted by molar-refractivity contribution is 0.102. The summed E-state index contributed by atoms with van der Waals surface area (Å²) in [5.74, 6) is -0.354. The number of fused-ring (bicyclic) bond motifs is 1. The Morgan fingerprint density at radius 2 is 1.83 bits per heavy atom. The van der Waals surface area contributed by atoms with Crippen molar-refractivity contribution in [3.63, 3.8) is 0 Å². The number of anilines is 1. The number of nitrogens with zero attached hydrogens (tertiary/aromatic N) is 3. The molecule has 0 bridgehead atoms. The van der Waals surface area contributed by atoms with Crippen molar-refractivity contribution in [3.05, 3.63) is 48.3 Å². The molecule has 30 heavy (non-hydrogen) atoms. The SMILES string of the molecule is CCCCN(CCCC)S(=O)(=O)c1ccc2nc(NC(=O)c3ccccn3)sc2c1. The van der Waals surface area contributed by atoms with Crippen molar-refractivity contribution in [2.24, 2.45) is 0 Å². The predicted molar refractivity (Wildman–Crippen MR) is 120 cm³/mol. The summed E-state index contributed by atoms with van der Waals surface area (Å²) in [5.41, 5.74) is 0.937. The highest BCUT2D eigenvalue weighted by atomic mass is 32.2. The van der Waals surface area contributed by atoms with Gasteiger partial charge in [-0.05, 0) is 43.2 Å². The summed E-state index contributed by atoms with van der Waals surface area (Å²) in [6.07, 6.45) is 5.08. The van der Waals surface area contributed by atoms with Gasteiger partial charge in [-0.3, -0.25) is 15.1 Å². The lowest BCUT2D eigenvalue weighted by Crippen LogP contribution is -2.33. The summed E-state index contributed by atoms with van der Waals surface area (Å²) in [6, 6.07) is 10.0. The molecule has 9 heteroatoms. The maximum absolute atomic E-state index is 13.2. The number of benzene rings is 1. The molecule has 0 atom stereocenters. The van der Waals surface area contributed by atoms with E-state index in [0.29, 0.717) is 34.1 Å². The van der Waals surface area contributed by atoms with Crippen LogP contribution in [0.2, 0.25) is 0 Å². The number of hydrogen-bond acceptors (Lipinski definition) is 6. The van der Waals surface area contributed by atoms with E-state index in [1.165, 1.54) is 11.3 Å². The van der Waals surface area contributed by atoms with E-state index in [1.54, 1.807) is 46.9 Å². The van der Waals surface area contributed by atoms with Crippen LogP contribution in [0, 0.1) is 0 Å². The molecule has 0 fully saturated rings. The van der Waals surface area contributed by atoms with Gasteiger partial charge in [0.15, 0.2) is 5.13 Å². The highest BCUT2D eigenvalue weighted by Gasteiger charge is 2.24. The van der Waals surface area contributed by atoms with Crippen molar-refractivity contribution in [3.8, 4) is 0 Å². The van der Waals surface area contributed by atoms with Crippen LogP contribution < -0.4 is 5.32 Å². The quantitative estimate of drug-likeness (QED) is 0.494. The fourth-order valence-electron chi connectivity index (χ4n) is 2.95. The molecule has 0 saturated heterocycles. The first-order chi connectivity index (χ1) is 14.5. The summed E-state index contributed by atoms with van der Waals surface area (Å²) in [5, 5.41) is 3.14. The molecule has 1 aromatic carbocycles. The van der Waals surface area contributed by atoms with Crippen LogP contribution in [0.3, 0.4) is 0 Å². The fourth-order valence-corrected chi connectivity index (χ4v) is 5.47. The van der Waals surface area contributed by atoms with Crippen LogP contribution in [0.4, 0.5) is 5.13 Å². The van der Waals surface area contributed by atoms with Gasteiger partial charge < -0.3 is 0 Å². The molecule has 3 aromatic rings. The van der Waals surface area contributed by atoms with Crippen LogP contribution in [0.1, 0.15) is 50.0 Å². The molecule has 0 aliphatic heterocycles. The topological polar surface area (TPSA) is 92.3 Å². The second-order valence-corrected chi connectivity index (χ2v) is 9.90. The number of sulfonamides is 1. The number of hydrogen-bond donors (Lipinski definition) is 1. The molecular formula is C21H26N4O3S2. The monoisotopic (exact) mass is 446 g/mol. The molecule has 2 aromatic heterocycles. The Kier molecular flexibility index (Phi) is 7.52. The molecule has 0 aliphatic carbocycles. The number of pyridine rings is 1. The number of carbonyl (C=O) groups is 1. The molecule has 0 saturated carbocycles. The Morgan fingerprint density at radius 1 is 1.10 bits per heavy atom. The van der Waals surface area contributed by atoms with Crippen molar-refractivity contribution < 1.29 is 13.2 Å². The van der Waals surface area contributed by atoms with Gasteiger partial charge in [0.1, 0.15) is 5.69 Å². The number of aromatic nitrogens is 2. The molecular weight excluding hydrogens is 420 g/mol. The van der Waals surface area contributed by atoms with E-state index in [4.69, 9.17) is 0 Å². The largest absolute Gasteiger partial charge is 0.296 e. The molecule has 2 heterocycles. The summed E-state index contributed by atoms with van der Waals surface area (Å²) >= 11 is 1.24. The van der Waals surface area contributed by atoms with E-state index < -0.39 is 10.0 Å². The minimum Gasteiger partial charge on any atom is -0.296 e. The summed E-state index contributed by atoms with van der Waals surface area (Å²) < 4.78 is 28.7. The average Bonchev–Trinajstić information content (AvgIpc) is 3.15. The van der Waals surface area contributed by atoms with Gasteiger partial charge in [-0.15, -0.1) is 0 Å². The first-order valence-corrected chi connectivity index (χ1v) is 12.3. The van der Waals surface area contributed by atoms with Gasteiger partial charge in [-0.2, -0.15) is 4.31 Å². The van der Waals surface area contributed by atoms with Crippen molar-refractivity contribution >= 4 is 42.6 Å². The van der Waals surface area contributed by atoms with E-state index in [-0.39, 0.29) is 10.8 Å². The third-order valence-electron chi connectivity index (χ3n) is 4.64. The van der Waals surface area contributed by atoms with Crippen LogP contribution in [-0.4, -0.2) is 41.7 Å². The van der Waals surface area contributed by atoms with Crippen LogP contribution in [0.5, 0.6) is 0 Å². The lowest BCUT2D eigenvalue weighted by Gasteiger charge is -2.21. The first kappa shape index (κ1) is 22.3. The lowest BCUT2D eigenvalue weighted by atomic mass is 10.3. The number of thiazole rings is 1. The Hall–Kier alpha value is -2.36. The number of nitrogens with one attached hydrogen (secondary N) is 1. The zero-order valence-corrected chi connectivity index (χ0v) is 18.8. The smallest absolute Gasteiger partial charge is 0.276 e. The van der Waals surface area contributed by atoms with Gasteiger partial charge in [0.05, 0.1) is 15.1 Å². The van der Waals surface area contributed by atoms with Crippen LogP contribution in [0.15, 0.2) is 47.5 Å². The molecule has 0 spiro atoms. The number of rotatable bonds is 10. The highest BCUT2D eigenvalue weighted by Crippen LogP contribution is 2.29. The standard InChI is InChI=1S/C21H26N4O3S2/c1-3-5-13-25(14-6-4-2)30(27,28)16-10-11-17-19(15-16)29-21(23-17)24-20(26)18-9-7-8-12-22-18/h7-12,15H,3-6,13-14H2,1-2H3,(H,23,24,26). The molecule has 0 radical (unpaired) electrons. The Bertz CT molecular complexity index is 1090. The predicted octanol–water partition coefficient (Wildman–Crippen LogP) is 4.53. The van der Waals surface area contributed by atoms with Gasteiger partial charge in [0.2, 0.25) is 10.0 Å². The molecule has 0 unspecified atom stereocenters. The van der Waals surface area contributed by atoms with E-state index in [1.807, 2.05) is 0 Å². The maximum Gasteiger partial charge on any atom is 0.276 e. The second-order valence-electron chi connectivity index (χ2n) is 6.93. The van der Waals surface area contributed by atoms with Crippen LogP contribution in [0.25, 0.3) is 10.2 Å². The van der Waals surface area contributed by atoms with E-state index in [0.717, 1.165) is 25.7 Å². The summed E-state index contributed by atoms with van der Waals surface area (Å²) in [4.78, 5) is 21.0. The molecule has 7 nitrogen and oxygen atoms in total. The summed E-state index contributed by atoms with van der Waals surface area (Å²) in [7, 11) is -3.58. The van der Waals surface area contributed by atoms with Gasteiger partial charge in [0.25, 0.3) is 5.91 Å². The first-order valence-electron chi connectivity index (χ1n) is 10.1. The zero-order chi connectivity index (χ0) is 21.6. The maximum atomic E-state index is 13.2. The fraction of sp³-hybridized carbons (Fsp3) is 0.381. The Morgan fingerprint density at radius 3 is 2.47 bits per heavy atom. The second kappa shape index (κ2) is 10.1. The minimum atomic E-state index is -3.58. The number of carbonyl (C=O) groups excluding carboxylic acids is 1. The van der Waals surface area contributed by atoms with Gasteiger partial charge in [0, 0.05) is 19.3 Å². The van der Waals surface area contributed by atoms with Gasteiger partial charge in [-0.25, -0.2) is 13.4 Å². The van der Waals surface area contributed by atoms with E-state index in [2.05, 4.69) is 29.1 Å². The van der Waals surface area contributed by atoms with Crippen molar-refractivity contribution in [1.29, 1.82) is 0 Å². The molecule has 0 aliphatic rings. The highest BCUT2D eigenvalue weighted by molar-refractivity contribution is 7.89. The minimum absolute atomic E-state index is 0.258. The zero-order valence-electron chi connectivity index (χ0n) is 17.2. The molecule has 3 rings (SSSR count). The van der Waals surface area contributed by atoms with Crippen molar-refractivity contribution in [1.82, 2.24) is 14.3 Å². The van der Waals surface area contributed by atoms with Crippen molar-refractivity contribution in [2.75, 3.05) is 18.4 Å². The normalized spacial score (nSPS) is 11.8. The third kappa shape index (κ3) is 5.21. The Labute approximate surface area is 181 Å². The molecule has 1 N–H and O–H groups in total. The third-order valence-corrected chi connectivity index (χ3v) is 7.47. The Balaban J connectivity index is 1.84. The summed E-state index contributed by atoms with van der Waals surface area (Å²) in [6.45, 7) is 5.14. The molecule has 160 valence electrons. The van der Waals surface area contributed by atoms with Gasteiger partial charge in [-0.1, -0.05) is 44.1 Å². The average molecular weight is 447 g/mol. The van der Waals surface area contributed by atoms with E-state index in [9.17, 15) is 13.2 Å². The van der Waals surface area contributed by atoms with Crippen LogP contribution in [-0.2, 0) is 10.0 Å². The van der Waals surface area contributed by atoms with Crippen molar-refractivity contribution in [2.45, 2.75) is 44.4 Å².